The largest absolute Gasteiger partial charge is 0.385 e. The lowest BCUT2D eigenvalue weighted by molar-refractivity contribution is 0.199. The van der Waals surface area contributed by atoms with Crippen molar-refractivity contribution < 1.29 is 13.2 Å². The lowest BCUT2D eigenvalue weighted by Gasteiger charge is -2.31. The van der Waals surface area contributed by atoms with Crippen molar-refractivity contribution in [3.63, 3.8) is 0 Å². The van der Waals surface area contributed by atoms with Crippen LogP contribution in [0.3, 0.4) is 0 Å². The second kappa shape index (κ2) is 9.09. The number of rotatable bonds is 7. The van der Waals surface area contributed by atoms with Gasteiger partial charge >= 0.3 is 0 Å². The molecule has 0 aromatic heterocycles. The van der Waals surface area contributed by atoms with E-state index in [4.69, 9.17) is 10.5 Å². The Balaban J connectivity index is 0.00000289. The van der Waals surface area contributed by atoms with E-state index < -0.39 is 10.0 Å². The Hall–Kier alpha value is 0.120. The van der Waals surface area contributed by atoms with Crippen molar-refractivity contribution in [2.24, 2.45) is 11.7 Å². The van der Waals surface area contributed by atoms with Gasteiger partial charge in [-0.25, -0.2) is 13.1 Å². The maximum Gasteiger partial charge on any atom is 0.211 e. The summed E-state index contributed by atoms with van der Waals surface area (Å²) in [5, 5.41) is 0. The molecule has 1 fully saturated rings. The van der Waals surface area contributed by atoms with E-state index in [0.717, 1.165) is 25.7 Å². The van der Waals surface area contributed by atoms with Crippen LogP contribution in [0.5, 0.6) is 0 Å². The van der Waals surface area contributed by atoms with Crippen LogP contribution in [0.4, 0.5) is 0 Å². The van der Waals surface area contributed by atoms with E-state index in [1.165, 1.54) is 0 Å². The Kier molecular flexibility index (Phi) is 9.15. The predicted molar refractivity (Wildman–Crippen MR) is 75.5 cm³/mol. The molecule has 1 aliphatic carbocycles. The molecule has 7 heteroatoms. The normalized spacial score (nSPS) is 24.6. The van der Waals surface area contributed by atoms with Crippen LogP contribution in [0.25, 0.3) is 0 Å². The summed E-state index contributed by atoms with van der Waals surface area (Å²) in [6.45, 7) is 1.04. The lowest BCUT2D eigenvalue weighted by atomic mass is 9.85. The Morgan fingerprint density at radius 1 is 1.33 bits per heavy atom. The number of nitrogens with one attached hydrogen (secondary N) is 1. The average molecular weight is 301 g/mol. The molecule has 0 saturated heterocycles. The third-order valence-corrected chi connectivity index (χ3v) is 4.79. The summed E-state index contributed by atoms with van der Waals surface area (Å²) in [7, 11) is -1.61. The minimum atomic E-state index is -3.18. The fourth-order valence-electron chi connectivity index (χ4n) is 2.33. The smallest absolute Gasteiger partial charge is 0.211 e. The molecule has 110 valence electrons. The minimum absolute atomic E-state index is 0. The predicted octanol–water partition coefficient (Wildman–Crippen LogP) is 0.882. The van der Waals surface area contributed by atoms with Crippen LogP contribution in [0.1, 0.15) is 32.1 Å². The van der Waals surface area contributed by atoms with Crippen LogP contribution in [0.15, 0.2) is 0 Å². The molecule has 18 heavy (non-hydrogen) atoms. The van der Waals surface area contributed by atoms with Gasteiger partial charge < -0.3 is 10.5 Å². The molecule has 1 rings (SSSR count). The third-order valence-electron chi connectivity index (χ3n) is 3.30. The zero-order valence-electron chi connectivity index (χ0n) is 10.9. The highest BCUT2D eigenvalue weighted by Gasteiger charge is 2.27. The van der Waals surface area contributed by atoms with E-state index in [2.05, 4.69) is 4.72 Å². The fraction of sp³-hybridized carbons (Fsp3) is 1.00. The van der Waals surface area contributed by atoms with E-state index >= 15 is 0 Å². The number of sulfonamides is 1. The number of nitrogens with two attached hydrogens (primary N) is 1. The second-order valence-corrected chi connectivity index (χ2v) is 6.54. The van der Waals surface area contributed by atoms with Crippen LogP contribution in [0, 0.1) is 5.92 Å². The van der Waals surface area contributed by atoms with E-state index in [0.29, 0.717) is 25.5 Å². The van der Waals surface area contributed by atoms with Crippen LogP contribution < -0.4 is 10.5 Å². The number of methoxy groups -OCH3 is 1. The average Bonchev–Trinajstić information content (AvgIpc) is 2.29. The molecule has 0 aliphatic heterocycles. The first kappa shape index (κ1) is 18.1. The van der Waals surface area contributed by atoms with Crippen LogP contribution in [0.2, 0.25) is 0 Å². The van der Waals surface area contributed by atoms with Crippen LogP contribution in [-0.4, -0.2) is 40.5 Å². The van der Waals surface area contributed by atoms with Crippen molar-refractivity contribution in [3.05, 3.63) is 0 Å². The number of hydrogen-bond acceptors (Lipinski definition) is 4. The molecule has 2 atom stereocenters. The second-order valence-electron chi connectivity index (χ2n) is 4.67. The van der Waals surface area contributed by atoms with Gasteiger partial charge in [0.05, 0.1) is 5.75 Å². The number of ether oxygens (including phenoxy) is 1. The van der Waals surface area contributed by atoms with Gasteiger partial charge in [-0.2, -0.15) is 0 Å². The first-order valence-corrected chi connectivity index (χ1v) is 7.93. The standard InChI is InChI=1S/C11H24N2O3S.ClH/c1-16-7-4-8-17(14,15)13-11-6-3-2-5-10(11)9-12;/h10-11,13H,2-9,12H2,1H3;1H. The minimum Gasteiger partial charge on any atom is -0.385 e. The Bertz CT molecular complexity index is 311. The highest BCUT2D eigenvalue weighted by Crippen LogP contribution is 2.24. The van der Waals surface area contributed by atoms with Gasteiger partial charge in [0, 0.05) is 19.8 Å². The van der Waals surface area contributed by atoms with E-state index in [1.807, 2.05) is 0 Å². The molecule has 0 bridgehead atoms. The monoisotopic (exact) mass is 300 g/mol. The van der Waals surface area contributed by atoms with Crippen molar-refractivity contribution in [2.75, 3.05) is 26.0 Å². The number of halogens is 1. The van der Waals surface area contributed by atoms with Crippen molar-refractivity contribution in [1.82, 2.24) is 4.72 Å². The Labute approximate surface area is 116 Å². The first-order valence-electron chi connectivity index (χ1n) is 6.28. The highest BCUT2D eigenvalue weighted by molar-refractivity contribution is 7.89. The first-order chi connectivity index (χ1) is 8.09. The molecule has 0 aromatic rings. The SMILES string of the molecule is COCCCS(=O)(=O)NC1CCCCC1CN.Cl. The summed E-state index contributed by atoms with van der Waals surface area (Å²) in [4.78, 5) is 0. The summed E-state index contributed by atoms with van der Waals surface area (Å²) < 4.78 is 31.3. The molecule has 0 aromatic carbocycles. The van der Waals surface area contributed by atoms with Crippen LogP contribution >= 0.6 is 12.4 Å². The lowest BCUT2D eigenvalue weighted by Crippen LogP contribution is -2.45. The van der Waals surface area contributed by atoms with Crippen LogP contribution in [-0.2, 0) is 14.8 Å². The van der Waals surface area contributed by atoms with Gasteiger partial charge in [0.1, 0.15) is 0 Å². The topological polar surface area (TPSA) is 81.4 Å². The van der Waals surface area contributed by atoms with Crippen molar-refractivity contribution in [1.29, 1.82) is 0 Å². The maximum atomic E-state index is 11.8. The fourth-order valence-corrected chi connectivity index (χ4v) is 3.72. The molecule has 5 nitrogen and oxygen atoms in total. The van der Waals surface area contributed by atoms with Gasteiger partial charge in [0.15, 0.2) is 0 Å². The summed E-state index contributed by atoms with van der Waals surface area (Å²) >= 11 is 0. The van der Waals surface area contributed by atoms with Crippen molar-refractivity contribution in [2.45, 2.75) is 38.1 Å². The van der Waals surface area contributed by atoms with Gasteiger partial charge in [0.2, 0.25) is 10.0 Å². The summed E-state index contributed by atoms with van der Waals surface area (Å²) in [5.74, 6) is 0.426. The molecule has 0 radical (unpaired) electrons. The third kappa shape index (κ3) is 6.33. The molecule has 2 unspecified atom stereocenters. The molecular weight excluding hydrogens is 276 g/mol. The molecule has 1 aliphatic rings. The Morgan fingerprint density at radius 3 is 2.61 bits per heavy atom. The van der Waals surface area contributed by atoms with Crippen molar-refractivity contribution >= 4 is 22.4 Å². The zero-order valence-corrected chi connectivity index (χ0v) is 12.6. The van der Waals surface area contributed by atoms with E-state index in [1.54, 1.807) is 7.11 Å². The van der Waals surface area contributed by atoms with Gasteiger partial charge in [-0.1, -0.05) is 12.8 Å². The quantitative estimate of drug-likeness (QED) is 0.684. The van der Waals surface area contributed by atoms with Gasteiger partial charge in [-0.05, 0) is 31.7 Å². The summed E-state index contributed by atoms with van der Waals surface area (Å²) in [6.07, 6.45) is 4.71. The zero-order chi connectivity index (χ0) is 12.7. The molecule has 0 spiro atoms. The number of hydrogen-bond donors (Lipinski definition) is 2. The highest BCUT2D eigenvalue weighted by atomic mass is 35.5. The van der Waals surface area contributed by atoms with Gasteiger partial charge in [0.25, 0.3) is 0 Å². The Morgan fingerprint density at radius 2 is 2.00 bits per heavy atom. The van der Waals surface area contributed by atoms with E-state index in [9.17, 15) is 8.42 Å². The van der Waals surface area contributed by atoms with Gasteiger partial charge in [-0.3, -0.25) is 0 Å². The molecule has 3 N–H and O–H groups in total. The van der Waals surface area contributed by atoms with Crippen molar-refractivity contribution in [3.8, 4) is 0 Å². The maximum absolute atomic E-state index is 11.8. The summed E-state index contributed by atoms with van der Waals surface area (Å²) in [6, 6.07) is 0.0290. The molecule has 0 amide bonds. The molecular formula is C11H25ClN2O3S. The summed E-state index contributed by atoms with van der Waals surface area (Å²) in [5.41, 5.74) is 5.68. The molecule has 0 heterocycles. The van der Waals surface area contributed by atoms with E-state index in [-0.39, 0.29) is 24.2 Å². The molecule has 1 saturated carbocycles. The van der Waals surface area contributed by atoms with Gasteiger partial charge in [-0.15, -0.1) is 12.4 Å².